The Morgan fingerprint density at radius 2 is 0.608 bits per heavy atom. The summed E-state index contributed by atoms with van der Waals surface area (Å²) in [6.45, 7) is 1.92. The molecule has 11 aromatic rings. The predicted octanol–water partition coefficient (Wildman–Crippen LogP) is 14.8. The van der Waals surface area contributed by atoms with Crippen LogP contribution in [0.3, 0.4) is 0 Å². The van der Waals surface area contributed by atoms with Gasteiger partial charge in [0.15, 0.2) is 23.0 Å². The summed E-state index contributed by atoms with van der Waals surface area (Å²) in [5.41, 5.74) is 10.9. The fourth-order valence-electron chi connectivity index (χ4n) is 9.63. The lowest BCUT2D eigenvalue weighted by Gasteiger charge is -2.16. The monoisotopic (exact) mass is 1000 g/mol. The Morgan fingerprint density at radius 1 is 0.311 bits per heavy atom. The minimum Gasteiger partial charge on any atom is -0.485 e. The molecule has 0 radical (unpaired) electrons. The number of nitrogens with zero attached hydrogens (tertiary/aromatic N) is 6. The molecule has 12 heteroatoms. The van der Waals surface area contributed by atoms with E-state index in [1.165, 1.54) is 43.6 Å². The molecule has 0 aliphatic carbocycles. The highest BCUT2D eigenvalue weighted by Crippen LogP contribution is 2.46. The SMILES string of the molecule is C(=Cc1sc(C=NN=Cc2ccc(-n3c4ccccc4c4ccccc43)cc2)c2c1OCCO2)c1ccc(C=Cc2sc(C=NN=Cc3ccc(-n4c5ccccc5c5ccccc54)cc3)c3c2OCCO3)cc1. The first kappa shape index (κ1) is 44.8. The van der Waals surface area contributed by atoms with Gasteiger partial charge >= 0.3 is 0 Å². The molecule has 2 aliphatic rings. The molecule has 0 atom stereocenters. The number of aromatic nitrogens is 2. The number of hydrogen-bond donors (Lipinski definition) is 0. The molecule has 13 rings (SSSR count). The van der Waals surface area contributed by atoms with Crippen LogP contribution < -0.4 is 18.9 Å². The number of fused-ring (bicyclic) bond motifs is 8. The summed E-state index contributed by atoms with van der Waals surface area (Å²) in [4.78, 5) is 3.61. The van der Waals surface area contributed by atoms with Gasteiger partial charge in [0.05, 0.1) is 66.4 Å². The molecule has 74 heavy (non-hydrogen) atoms. The van der Waals surface area contributed by atoms with Crippen LogP contribution in [0.1, 0.15) is 41.8 Å². The second-order valence-corrected chi connectivity index (χ2v) is 19.8. The van der Waals surface area contributed by atoms with Gasteiger partial charge in [-0.05, 0) is 82.9 Å². The highest BCUT2D eigenvalue weighted by atomic mass is 32.1. The van der Waals surface area contributed by atoms with E-state index in [-0.39, 0.29) is 0 Å². The fraction of sp³-hybridized carbons (Fsp3) is 0.0645. The van der Waals surface area contributed by atoms with Crippen molar-refractivity contribution in [3.63, 3.8) is 0 Å². The normalized spacial score (nSPS) is 13.8. The molecule has 0 N–H and O–H groups in total. The largest absolute Gasteiger partial charge is 0.485 e. The van der Waals surface area contributed by atoms with E-state index in [1.54, 1.807) is 47.5 Å². The molecule has 0 unspecified atom stereocenters. The van der Waals surface area contributed by atoms with E-state index in [9.17, 15) is 0 Å². The smallest absolute Gasteiger partial charge is 0.181 e. The topological polar surface area (TPSA) is 96.2 Å². The number of rotatable bonds is 12. The Morgan fingerprint density at radius 3 is 0.959 bits per heavy atom. The van der Waals surface area contributed by atoms with Gasteiger partial charge < -0.3 is 28.1 Å². The van der Waals surface area contributed by atoms with Crippen LogP contribution in [-0.4, -0.2) is 60.4 Å². The van der Waals surface area contributed by atoms with Crippen molar-refractivity contribution in [3.8, 4) is 34.4 Å². The van der Waals surface area contributed by atoms with Crippen molar-refractivity contribution in [1.29, 1.82) is 0 Å². The first-order chi connectivity index (χ1) is 36.7. The zero-order chi connectivity index (χ0) is 49.2. The number of benzene rings is 7. The third-order valence-corrected chi connectivity index (χ3v) is 15.2. The summed E-state index contributed by atoms with van der Waals surface area (Å²) in [5.74, 6) is 2.85. The van der Waals surface area contributed by atoms with E-state index in [2.05, 4.69) is 224 Å². The van der Waals surface area contributed by atoms with Crippen LogP contribution in [0.25, 0.3) is 79.3 Å². The van der Waals surface area contributed by atoms with E-state index in [0.29, 0.717) is 37.9 Å². The van der Waals surface area contributed by atoms with Gasteiger partial charge in [0, 0.05) is 32.9 Å². The van der Waals surface area contributed by atoms with Crippen LogP contribution in [0, 0.1) is 0 Å². The summed E-state index contributed by atoms with van der Waals surface area (Å²) in [6, 6.07) is 59.2. The van der Waals surface area contributed by atoms with Gasteiger partial charge in [-0.15, -0.1) is 22.7 Å². The van der Waals surface area contributed by atoms with Crippen molar-refractivity contribution < 1.29 is 18.9 Å². The molecule has 0 saturated carbocycles. The average molecular weight is 1000 g/mol. The van der Waals surface area contributed by atoms with Crippen LogP contribution in [0.4, 0.5) is 0 Å². The fourth-order valence-corrected chi connectivity index (χ4v) is 11.6. The lowest BCUT2D eigenvalue weighted by molar-refractivity contribution is 0.173. The molecule has 0 amide bonds. The minimum absolute atomic E-state index is 0.476. The Labute approximate surface area is 434 Å². The summed E-state index contributed by atoms with van der Waals surface area (Å²) >= 11 is 3.12. The van der Waals surface area contributed by atoms with E-state index in [4.69, 9.17) is 18.9 Å². The van der Waals surface area contributed by atoms with Crippen molar-refractivity contribution in [2.45, 2.75) is 0 Å². The minimum atomic E-state index is 0.476. The molecule has 10 nitrogen and oxygen atoms in total. The predicted molar refractivity (Wildman–Crippen MR) is 307 cm³/mol. The van der Waals surface area contributed by atoms with Crippen LogP contribution in [0.2, 0.25) is 0 Å². The second-order valence-electron chi connectivity index (χ2n) is 17.6. The maximum absolute atomic E-state index is 6.10. The van der Waals surface area contributed by atoms with Crippen LogP contribution in [0.15, 0.2) is 190 Å². The van der Waals surface area contributed by atoms with E-state index in [0.717, 1.165) is 64.6 Å². The lowest BCUT2D eigenvalue weighted by Crippen LogP contribution is -2.15. The summed E-state index contributed by atoms with van der Waals surface area (Å²) in [7, 11) is 0. The van der Waals surface area contributed by atoms with Gasteiger partial charge in [-0.25, -0.2) is 0 Å². The van der Waals surface area contributed by atoms with E-state index >= 15 is 0 Å². The van der Waals surface area contributed by atoms with E-state index < -0.39 is 0 Å². The Hall–Kier alpha value is -9.10. The number of thiophene rings is 2. The standard InChI is InChI=1S/C62H44N6O4S2/c1-5-13-51-47(9-1)48-10-2-6-14-52(48)67(51)45-27-21-43(22-28-45)37-63-65-39-57-61-59(69-33-35-71-61)55(73-57)31-25-41-17-19-42(20-18-41)26-32-56-60-62(72-36-34-70-60)58(74-56)40-66-64-38-44-23-29-46(30-24-44)68-53-15-7-3-11-49(53)50-12-4-8-16-54(50)68/h1-32,37-40H,33-36H2. The summed E-state index contributed by atoms with van der Waals surface area (Å²) < 4.78 is 28.9. The molecule has 0 bridgehead atoms. The maximum atomic E-state index is 6.10. The quantitative estimate of drug-likeness (QED) is 0.0899. The van der Waals surface area contributed by atoms with Gasteiger partial charge in [0.2, 0.25) is 0 Å². The number of para-hydroxylation sites is 4. The third kappa shape index (κ3) is 8.65. The molecular formula is C62H44N6O4S2. The van der Waals surface area contributed by atoms with Gasteiger partial charge in [-0.3, -0.25) is 0 Å². The maximum Gasteiger partial charge on any atom is 0.181 e. The van der Waals surface area contributed by atoms with Crippen LogP contribution in [-0.2, 0) is 0 Å². The molecular weight excluding hydrogens is 957 g/mol. The molecule has 358 valence electrons. The van der Waals surface area contributed by atoms with Crippen LogP contribution in [0.5, 0.6) is 23.0 Å². The van der Waals surface area contributed by atoms with Gasteiger partial charge in [-0.1, -0.05) is 133 Å². The van der Waals surface area contributed by atoms with Gasteiger partial charge in [0.1, 0.15) is 26.4 Å². The van der Waals surface area contributed by atoms with Crippen molar-refractivity contribution >= 4 is 115 Å². The first-order valence-electron chi connectivity index (χ1n) is 24.3. The molecule has 2 aliphatic heterocycles. The van der Waals surface area contributed by atoms with Crippen LogP contribution >= 0.6 is 22.7 Å². The number of hydrogen-bond acceptors (Lipinski definition) is 10. The Balaban J connectivity index is 0.656. The molecule has 0 spiro atoms. The van der Waals surface area contributed by atoms with Gasteiger partial charge in [0.25, 0.3) is 0 Å². The zero-order valence-electron chi connectivity index (χ0n) is 39.7. The van der Waals surface area contributed by atoms with Crippen molar-refractivity contribution in [2.75, 3.05) is 26.4 Å². The Kier molecular flexibility index (Phi) is 12.0. The second kappa shape index (κ2) is 19.8. The zero-order valence-corrected chi connectivity index (χ0v) is 41.4. The summed E-state index contributed by atoms with van der Waals surface area (Å²) in [6.07, 6.45) is 15.3. The van der Waals surface area contributed by atoms with E-state index in [1.807, 2.05) is 0 Å². The average Bonchev–Trinajstić information content (AvgIpc) is 4.21. The lowest BCUT2D eigenvalue weighted by atomic mass is 10.1. The van der Waals surface area contributed by atoms with Gasteiger partial charge in [-0.2, -0.15) is 20.4 Å². The van der Waals surface area contributed by atoms with Crippen molar-refractivity contribution in [1.82, 2.24) is 9.13 Å². The molecule has 0 saturated heterocycles. The first-order valence-corrected chi connectivity index (χ1v) is 25.9. The highest BCUT2D eigenvalue weighted by Gasteiger charge is 2.24. The molecule has 0 fully saturated rings. The molecule has 6 heterocycles. The molecule has 4 aromatic heterocycles. The number of ether oxygens (including phenoxy) is 4. The van der Waals surface area contributed by atoms with Crippen molar-refractivity contribution in [3.05, 3.63) is 212 Å². The third-order valence-electron chi connectivity index (χ3n) is 13.1. The van der Waals surface area contributed by atoms with Crippen molar-refractivity contribution in [2.24, 2.45) is 20.4 Å². The Bertz CT molecular complexity index is 3710. The highest BCUT2D eigenvalue weighted by molar-refractivity contribution is 7.15. The molecule has 7 aromatic carbocycles. The summed E-state index contributed by atoms with van der Waals surface area (Å²) in [5, 5.41) is 22.6.